The zero-order valence-electron chi connectivity index (χ0n) is 20.8. The molecule has 3 aromatic heterocycles. The molecule has 2 aromatic carbocycles. The lowest BCUT2D eigenvalue weighted by Gasteiger charge is -2.16. The summed E-state index contributed by atoms with van der Waals surface area (Å²) >= 11 is 2.52. The number of aromatic amines is 1. The smallest absolute Gasteiger partial charge is 0.263 e. The topological polar surface area (TPSA) is 110 Å². The maximum Gasteiger partial charge on any atom is 0.263 e. The Kier molecular flexibility index (Phi) is 8.20. The van der Waals surface area contributed by atoms with Gasteiger partial charge in [-0.25, -0.2) is 4.98 Å². The van der Waals surface area contributed by atoms with Crippen LogP contribution in [0, 0.1) is 0 Å². The van der Waals surface area contributed by atoms with Gasteiger partial charge in [-0.1, -0.05) is 49.2 Å². The van der Waals surface area contributed by atoms with E-state index in [4.69, 9.17) is 4.74 Å². The Hall–Kier alpha value is -3.89. The van der Waals surface area contributed by atoms with E-state index in [1.165, 1.54) is 28.3 Å². The molecule has 8 nitrogen and oxygen atoms in total. The van der Waals surface area contributed by atoms with Crippen molar-refractivity contribution in [1.29, 1.82) is 0 Å². The van der Waals surface area contributed by atoms with Crippen LogP contribution in [0.5, 0.6) is 5.75 Å². The number of H-pyrrole nitrogens is 1. The van der Waals surface area contributed by atoms with Crippen molar-refractivity contribution < 1.29 is 14.3 Å². The minimum Gasteiger partial charge on any atom is -0.493 e. The molecule has 194 valence electrons. The number of nitrogens with zero attached hydrogens (tertiary/aromatic N) is 3. The number of aromatic nitrogens is 4. The van der Waals surface area contributed by atoms with Gasteiger partial charge in [-0.3, -0.25) is 14.6 Å². The van der Waals surface area contributed by atoms with Gasteiger partial charge in [-0.15, -0.1) is 11.3 Å². The first-order chi connectivity index (χ1) is 18.6. The van der Waals surface area contributed by atoms with E-state index >= 15 is 0 Å². The fraction of sp³-hybridized carbons (Fsp3) is 0.250. The summed E-state index contributed by atoms with van der Waals surface area (Å²) in [5.41, 5.74) is 3.98. The fourth-order valence-electron chi connectivity index (χ4n) is 4.34. The molecule has 0 aliphatic heterocycles. The molecule has 0 saturated heterocycles. The Morgan fingerprint density at radius 2 is 1.95 bits per heavy atom. The molecule has 5 aromatic rings. The van der Waals surface area contributed by atoms with Crippen LogP contribution in [0.15, 0.2) is 65.7 Å². The number of amides is 1. The molecule has 38 heavy (non-hydrogen) atoms. The molecule has 0 saturated carbocycles. The normalized spacial score (nSPS) is 11.9. The predicted molar refractivity (Wildman–Crippen MR) is 150 cm³/mol. The Balaban J connectivity index is 1.24. The SMILES string of the molecule is COc1csnc1C(=O)CCCCC[C@H](NC(=O)c1cncs1)c1ncc(-c2ccc3ccccc3c2)[nH]1. The predicted octanol–water partition coefficient (Wildman–Crippen LogP) is 6.46. The van der Waals surface area contributed by atoms with Gasteiger partial charge in [0.2, 0.25) is 0 Å². The average molecular weight is 546 g/mol. The Morgan fingerprint density at radius 1 is 1.08 bits per heavy atom. The van der Waals surface area contributed by atoms with E-state index in [9.17, 15) is 9.59 Å². The van der Waals surface area contributed by atoms with Crippen LogP contribution in [-0.4, -0.2) is 38.1 Å². The van der Waals surface area contributed by atoms with Crippen LogP contribution in [0.4, 0.5) is 0 Å². The lowest BCUT2D eigenvalue weighted by molar-refractivity contribution is 0.0935. The van der Waals surface area contributed by atoms with E-state index in [2.05, 4.69) is 55.0 Å². The Labute approximate surface area is 228 Å². The van der Waals surface area contributed by atoms with E-state index in [1.807, 2.05) is 18.3 Å². The summed E-state index contributed by atoms with van der Waals surface area (Å²) in [4.78, 5) is 37.9. The molecular formula is C28H27N5O3S2. The number of hydrogen-bond donors (Lipinski definition) is 2. The van der Waals surface area contributed by atoms with Crippen LogP contribution in [0.2, 0.25) is 0 Å². The number of carbonyl (C=O) groups is 2. The number of Topliss-reactive ketones (excluding diaryl/α,β-unsaturated/α-hetero) is 1. The van der Waals surface area contributed by atoms with E-state index in [0.29, 0.717) is 35.0 Å². The van der Waals surface area contributed by atoms with E-state index in [1.54, 1.807) is 24.2 Å². The van der Waals surface area contributed by atoms with Crippen LogP contribution in [0.25, 0.3) is 22.0 Å². The van der Waals surface area contributed by atoms with Crippen molar-refractivity contribution in [3.8, 4) is 17.0 Å². The van der Waals surface area contributed by atoms with Crippen molar-refractivity contribution in [3.05, 3.63) is 82.1 Å². The lowest BCUT2D eigenvalue weighted by Crippen LogP contribution is -2.28. The maximum atomic E-state index is 12.8. The zero-order chi connectivity index (χ0) is 26.3. The number of rotatable bonds is 12. The molecule has 0 aliphatic rings. The molecule has 0 aliphatic carbocycles. The summed E-state index contributed by atoms with van der Waals surface area (Å²) in [7, 11) is 1.54. The number of unbranched alkanes of at least 4 members (excludes halogenated alkanes) is 2. The Morgan fingerprint density at radius 3 is 2.76 bits per heavy atom. The standard InChI is InChI=1S/C28H27N5O3S2/c1-36-24-16-38-33-26(24)23(34)10-4-2-3-9-21(32-28(35)25-15-29-17-37-25)27-30-14-22(31-27)20-12-11-18-7-5-6-8-19(18)13-20/h5-8,11-17,21H,2-4,9-10H2,1H3,(H,30,31)(H,32,35)/t21-/m0/s1. The summed E-state index contributed by atoms with van der Waals surface area (Å²) < 4.78 is 9.37. The van der Waals surface area contributed by atoms with Crippen LogP contribution in [-0.2, 0) is 0 Å². The molecule has 1 amide bonds. The van der Waals surface area contributed by atoms with Gasteiger partial charge in [0.05, 0.1) is 42.1 Å². The molecule has 0 unspecified atom stereocenters. The highest BCUT2D eigenvalue weighted by Crippen LogP contribution is 2.27. The third-order valence-electron chi connectivity index (χ3n) is 6.37. The summed E-state index contributed by atoms with van der Waals surface area (Å²) in [5.74, 6) is 1.05. The second-order valence-electron chi connectivity index (χ2n) is 8.89. The molecule has 3 heterocycles. The highest BCUT2D eigenvalue weighted by atomic mass is 32.1. The van der Waals surface area contributed by atoms with Crippen molar-refractivity contribution in [2.75, 3.05) is 7.11 Å². The number of benzene rings is 2. The minimum atomic E-state index is -0.298. The number of methoxy groups -OCH3 is 1. The molecular weight excluding hydrogens is 518 g/mol. The molecule has 0 bridgehead atoms. The number of ether oxygens (including phenoxy) is 1. The molecule has 5 rings (SSSR count). The molecule has 0 fully saturated rings. The third kappa shape index (κ3) is 5.98. The largest absolute Gasteiger partial charge is 0.493 e. The number of hydrogen-bond acceptors (Lipinski definition) is 8. The summed E-state index contributed by atoms with van der Waals surface area (Å²) in [6, 6.07) is 14.2. The molecule has 2 N–H and O–H groups in total. The van der Waals surface area contributed by atoms with Gasteiger partial charge in [0, 0.05) is 12.0 Å². The van der Waals surface area contributed by atoms with Crippen molar-refractivity contribution in [2.45, 2.75) is 38.1 Å². The highest BCUT2D eigenvalue weighted by molar-refractivity contribution is 7.11. The van der Waals surface area contributed by atoms with Gasteiger partial charge >= 0.3 is 0 Å². The summed E-state index contributed by atoms with van der Waals surface area (Å²) in [6.07, 6.45) is 6.86. The van der Waals surface area contributed by atoms with Gasteiger partial charge in [-0.05, 0) is 41.2 Å². The number of carbonyl (C=O) groups excluding carboxylic acids is 2. The quantitative estimate of drug-likeness (QED) is 0.138. The van der Waals surface area contributed by atoms with Crippen molar-refractivity contribution in [1.82, 2.24) is 24.6 Å². The van der Waals surface area contributed by atoms with Crippen LogP contribution < -0.4 is 10.1 Å². The van der Waals surface area contributed by atoms with Crippen molar-refractivity contribution >= 4 is 45.3 Å². The highest BCUT2D eigenvalue weighted by Gasteiger charge is 2.20. The number of ketones is 1. The monoisotopic (exact) mass is 545 g/mol. The second kappa shape index (κ2) is 12.1. The van der Waals surface area contributed by atoms with Crippen molar-refractivity contribution in [3.63, 3.8) is 0 Å². The molecule has 1 atom stereocenters. The van der Waals surface area contributed by atoms with Crippen LogP contribution in [0.1, 0.15) is 64.1 Å². The van der Waals surface area contributed by atoms with E-state index in [-0.39, 0.29) is 17.7 Å². The maximum absolute atomic E-state index is 12.8. The van der Waals surface area contributed by atoms with Gasteiger partial charge < -0.3 is 15.0 Å². The first kappa shape index (κ1) is 25.7. The third-order valence-corrected chi connectivity index (χ3v) is 7.74. The first-order valence-electron chi connectivity index (χ1n) is 12.4. The van der Waals surface area contributed by atoms with Gasteiger partial charge in [0.25, 0.3) is 5.91 Å². The minimum absolute atomic E-state index is 0.00999. The van der Waals surface area contributed by atoms with Crippen LogP contribution >= 0.6 is 22.9 Å². The van der Waals surface area contributed by atoms with Gasteiger partial charge in [0.1, 0.15) is 10.7 Å². The number of fused-ring (bicyclic) bond motifs is 1. The lowest BCUT2D eigenvalue weighted by atomic mass is 10.0. The average Bonchev–Trinajstić information content (AvgIpc) is 3.73. The summed E-state index contributed by atoms with van der Waals surface area (Å²) in [6.45, 7) is 0. The second-order valence-corrected chi connectivity index (χ2v) is 10.4. The fourth-order valence-corrected chi connectivity index (χ4v) is 5.52. The number of thiazole rings is 1. The molecule has 0 spiro atoms. The van der Waals surface area contributed by atoms with Gasteiger partial charge in [0.15, 0.2) is 17.2 Å². The summed E-state index contributed by atoms with van der Waals surface area (Å²) in [5, 5.41) is 7.18. The number of nitrogens with one attached hydrogen (secondary N) is 2. The zero-order valence-corrected chi connectivity index (χ0v) is 22.5. The molecule has 0 radical (unpaired) electrons. The van der Waals surface area contributed by atoms with Crippen LogP contribution in [0.3, 0.4) is 0 Å². The Bertz CT molecular complexity index is 1530. The number of imidazole rings is 1. The van der Waals surface area contributed by atoms with E-state index in [0.717, 1.165) is 35.9 Å². The van der Waals surface area contributed by atoms with Crippen molar-refractivity contribution in [2.24, 2.45) is 0 Å². The van der Waals surface area contributed by atoms with Gasteiger partial charge in [-0.2, -0.15) is 4.37 Å². The first-order valence-corrected chi connectivity index (χ1v) is 14.1. The van der Waals surface area contributed by atoms with E-state index < -0.39 is 0 Å². The molecule has 10 heteroatoms.